The Balaban J connectivity index is 1.41. The summed E-state index contributed by atoms with van der Waals surface area (Å²) in [6.07, 6.45) is 4.27. The Kier molecular flexibility index (Phi) is 6.38. The Hall–Kier alpha value is -2.08. The smallest absolute Gasteiger partial charge is 0.132 e. The van der Waals surface area contributed by atoms with Gasteiger partial charge in [-0.25, -0.2) is 4.68 Å². The second kappa shape index (κ2) is 9.16. The predicted molar refractivity (Wildman–Crippen MR) is 116 cm³/mol. The zero-order valence-electron chi connectivity index (χ0n) is 17.2. The molecule has 3 aromatic rings. The number of rotatable bonds is 8. The SMILES string of the molecule is Cc1ccc(Cn2nc(C)c(CNC[C@H](c3ccco3)N3CCCC3)c2Cl)cc1. The third-order valence-corrected chi connectivity index (χ3v) is 6.15. The summed E-state index contributed by atoms with van der Waals surface area (Å²) in [4.78, 5) is 2.50. The third kappa shape index (κ3) is 4.74. The fourth-order valence-electron chi connectivity index (χ4n) is 4.04. The van der Waals surface area contributed by atoms with Crippen molar-refractivity contribution >= 4 is 11.6 Å². The molecule has 154 valence electrons. The summed E-state index contributed by atoms with van der Waals surface area (Å²) >= 11 is 6.68. The summed E-state index contributed by atoms with van der Waals surface area (Å²) in [5, 5.41) is 8.98. The highest BCUT2D eigenvalue weighted by Gasteiger charge is 2.25. The number of hydrogen-bond acceptors (Lipinski definition) is 4. The predicted octanol–water partition coefficient (Wildman–Crippen LogP) is 4.72. The van der Waals surface area contributed by atoms with Gasteiger partial charge in [-0.3, -0.25) is 4.90 Å². The fraction of sp³-hybridized carbons (Fsp3) is 0.435. The van der Waals surface area contributed by atoms with Crippen molar-refractivity contribution in [3.05, 3.63) is 76.0 Å². The lowest BCUT2D eigenvalue weighted by atomic mass is 10.1. The van der Waals surface area contributed by atoms with Crippen molar-refractivity contribution in [1.29, 1.82) is 0 Å². The highest BCUT2D eigenvalue weighted by Crippen LogP contribution is 2.26. The molecule has 0 spiro atoms. The molecular weight excluding hydrogens is 384 g/mol. The van der Waals surface area contributed by atoms with Gasteiger partial charge in [0.25, 0.3) is 0 Å². The van der Waals surface area contributed by atoms with E-state index in [-0.39, 0.29) is 6.04 Å². The lowest BCUT2D eigenvalue weighted by molar-refractivity contribution is 0.209. The Bertz CT molecular complexity index is 911. The molecule has 4 rings (SSSR count). The van der Waals surface area contributed by atoms with E-state index in [4.69, 9.17) is 16.0 Å². The number of nitrogens with one attached hydrogen (secondary N) is 1. The summed E-state index contributed by atoms with van der Waals surface area (Å²) in [5.41, 5.74) is 4.50. The minimum Gasteiger partial charge on any atom is -0.468 e. The van der Waals surface area contributed by atoms with Crippen molar-refractivity contribution in [2.45, 2.75) is 45.8 Å². The Morgan fingerprint density at radius 1 is 1.14 bits per heavy atom. The van der Waals surface area contributed by atoms with Gasteiger partial charge in [-0.15, -0.1) is 0 Å². The van der Waals surface area contributed by atoms with E-state index < -0.39 is 0 Å². The van der Waals surface area contributed by atoms with Crippen LogP contribution in [0.2, 0.25) is 5.15 Å². The first kappa shape index (κ1) is 20.2. The molecule has 0 unspecified atom stereocenters. The molecule has 1 saturated heterocycles. The standard InChI is InChI=1S/C23H29ClN4O/c1-17-7-9-19(10-8-17)16-28-23(24)20(18(2)26-28)14-25-15-21(22-6-5-13-29-22)27-11-3-4-12-27/h5-10,13,21,25H,3-4,11-12,14-16H2,1-2H3/t21-/m1/s1. The first-order chi connectivity index (χ1) is 14.1. The van der Waals surface area contributed by atoms with Crippen LogP contribution in [0.3, 0.4) is 0 Å². The maximum atomic E-state index is 6.68. The van der Waals surface area contributed by atoms with Gasteiger partial charge in [0.05, 0.1) is 24.5 Å². The second-order valence-corrected chi connectivity index (χ2v) is 8.26. The Morgan fingerprint density at radius 3 is 2.59 bits per heavy atom. The van der Waals surface area contributed by atoms with Crippen LogP contribution in [0, 0.1) is 13.8 Å². The second-order valence-electron chi connectivity index (χ2n) is 7.90. The minimum absolute atomic E-state index is 0.259. The van der Waals surface area contributed by atoms with Crippen LogP contribution in [0.4, 0.5) is 0 Å². The number of aromatic nitrogens is 2. The maximum absolute atomic E-state index is 6.68. The number of hydrogen-bond donors (Lipinski definition) is 1. The van der Waals surface area contributed by atoms with E-state index in [1.807, 2.05) is 17.7 Å². The molecule has 0 aliphatic carbocycles. The van der Waals surface area contributed by atoms with Crippen molar-refractivity contribution in [1.82, 2.24) is 20.0 Å². The van der Waals surface area contributed by atoms with E-state index >= 15 is 0 Å². The largest absolute Gasteiger partial charge is 0.468 e. The summed E-state index contributed by atoms with van der Waals surface area (Å²) < 4.78 is 7.60. The van der Waals surface area contributed by atoms with E-state index in [0.717, 1.165) is 36.7 Å². The van der Waals surface area contributed by atoms with Crippen LogP contribution < -0.4 is 5.32 Å². The Morgan fingerprint density at radius 2 is 1.90 bits per heavy atom. The highest BCUT2D eigenvalue weighted by atomic mass is 35.5. The third-order valence-electron chi connectivity index (χ3n) is 5.73. The molecule has 0 radical (unpaired) electrons. The quantitative estimate of drug-likeness (QED) is 0.581. The van der Waals surface area contributed by atoms with Gasteiger partial charge in [0.1, 0.15) is 10.9 Å². The number of benzene rings is 1. The molecule has 0 bridgehead atoms. The van der Waals surface area contributed by atoms with Crippen LogP contribution in [0.5, 0.6) is 0 Å². The molecule has 2 aromatic heterocycles. The van der Waals surface area contributed by atoms with Crippen molar-refractivity contribution < 1.29 is 4.42 Å². The zero-order chi connectivity index (χ0) is 20.2. The van der Waals surface area contributed by atoms with E-state index in [1.54, 1.807) is 6.26 Å². The highest BCUT2D eigenvalue weighted by molar-refractivity contribution is 6.30. The van der Waals surface area contributed by atoms with Crippen LogP contribution in [0.15, 0.2) is 47.1 Å². The minimum atomic E-state index is 0.259. The molecule has 1 aliphatic rings. The molecule has 1 aromatic carbocycles. The maximum Gasteiger partial charge on any atom is 0.132 e. The average Bonchev–Trinajstić information content (AvgIpc) is 3.46. The average molecular weight is 413 g/mol. The lowest BCUT2D eigenvalue weighted by Crippen LogP contribution is -2.33. The van der Waals surface area contributed by atoms with Crippen LogP contribution in [0.1, 0.15) is 47.0 Å². The summed E-state index contributed by atoms with van der Waals surface area (Å²) in [6, 6.07) is 12.8. The number of furan rings is 1. The molecule has 1 fully saturated rings. The first-order valence-electron chi connectivity index (χ1n) is 10.4. The van der Waals surface area contributed by atoms with Crippen molar-refractivity contribution in [2.75, 3.05) is 19.6 Å². The molecule has 6 heteroatoms. The van der Waals surface area contributed by atoms with Crippen LogP contribution in [0.25, 0.3) is 0 Å². The van der Waals surface area contributed by atoms with Crippen molar-refractivity contribution in [2.24, 2.45) is 0 Å². The molecule has 1 atom stereocenters. The monoisotopic (exact) mass is 412 g/mol. The molecule has 0 saturated carbocycles. The summed E-state index contributed by atoms with van der Waals surface area (Å²) in [6.45, 7) is 8.58. The molecule has 5 nitrogen and oxygen atoms in total. The van der Waals surface area contributed by atoms with Gasteiger partial charge in [0.15, 0.2) is 0 Å². The summed E-state index contributed by atoms with van der Waals surface area (Å²) in [7, 11) is 0. The molecule has 1 N–H and O–H groups in total. The number of likely N-dealkylation sites (tertiary alicyclic amines) is 1. The molecule has 3 heterocycles. The fourth-order valence-corrected chi connectivity index (χ4v) is 4.34. The van der Waals surface area contributed by atoms with Crippen LogP contribution >= 0.6 is 11.6 Å². The normalized spacial score (nSPS) is 15.8. The number of nitrogens with zero attached hydrogens (tertiary/aromatic N) is 3. The van der Waals surface area contributed by atoms with E-state index in [9.17, 15) is 0 Å². The van der Waals surface area contributed by atoms with Gasteiger partial charge >= 0.3 is 0 Å². The van der Waals surface area contributed by atoms with E-state index in [0.29, 0.717) is 18.2 Å². The first-order valence-corrected chi connectivity index (χ1v) is 10.7. The van der Waals surface area contributed by atoms with Gasteiger partial charge in [0, 0.05) is 18.7 Å². The van der Waals surface area contributed by atoms with Crippen molar-refractivity contribution in [3.8, 4) is 0 Å². The van der Waals surface area contributed by atoms with Crippen LogP contribution in [-0.4, -0.2) is 34.3 Å². The summed E-state index contributed by atoms with van der Waals surface area (Å²) in [5.74, 6) is 1.03. The van der Waals surface area contributed by atoms with Gasteiger partial charge < -0.3 is 9.73 Å². The molecular formula is C23H29ClN4O. The zero-order valence-corrected chi connectivity index (χ0v) is 18.0. The Labute approximate surface area is 177 Å². The molecule has 0 amide bonds. The van der Waals surface area contributed by atoms with Crippen molar-refractivity contribution in [3.63, 3.8) is 0 Å². The van der Waals surface area contributed by atoms with Gasteiger partial charge in [-0.1, -0.05) is 41.4 Å². The number of halogens is 1. The molecule has 1 aliphatic heterocycles. The van der Waals surface area contributed by atoms with Gasteiger partial charge in [-0.2, -0.15) is 5.10 Å². The van der Waals surface area contributed by atoms with E-state index in [2.05, 4.69) is 52.6 Å². The number of aryl methyl sites for hydroxylation is 2. The van der Waals surface area contributed by atoms with Crippen LogP contribution in [-0.2, 0) is 13.1 Å². The topological polar surface area (TPSA) is 46.2 Å². The lowest BCUT2D eigenvalue weighted by Gasteiger charge is -2.26. The van der Waals surface area contributed by atoms with Gasteiger partial charge in [0.2, 0.25) is 0 Å². The molecule has 29 heavy (non-hydrogen) atoms. The van der Waals surface area contributed by atoms with E-state index in [1.165, 1.54) is 24.0 Å². The van der Waals surface area contributed by atoms with Gasteiger partial charge in [-0.05, 0) is 57.5 Å².